The normalized spacial score (nSPS) is 15.6. The molecule has 3 amide bonds. The van der Waals surface area contributed by atoms with E-state index >= 15 is 8.78 Å². The number of anilines is 5. The van der Waals surface area contributed by atoms with Crippen LogP contribution in [-0.2, 0) is 20.9 Å². The lowest BCUT2D eigenvalue weighted by Crippen LogP contribution is -2.55. The molecular weight excluding hydrogens is 1610 g/mol. The van der Waals surface area contributed by atoms with Crippen molar-refractivity contribution < 1.29 is 27.6 Å². The summed E-state index contributed by atoms with van der Waals surface area (Å²) in [5.74, 6) is 1.39. The maximum absolute atomic E-state index is 15.1. The van der Waals surface area contributed by atoms with Crippen LogP contribution in [0.3, 0.4) is 0 Å². The second-order valence-corrected chi connectivity index (χ2v) is 32.7. The van der Waals surface area contributed by atoms with E-state index in [1.165, 1.54) is 62.3 Å². The number of nitriles is 1. The summed E-state index contributed by atoms with van der Waals surface area (Å²) in [5, 5.41) is 11.5. The van der Waals surface area contributed by atoms with E-state index in [1.54, 1.807) is 81.7 Å². The van der Waals surface area contributed by atoms with Crippen LogP contribution in [0.2, 0.25) is 15.1 Å². The summed E-state index contributed by atoms with van der Waals surface area (Å²) in [5.41, 5.74) is 16.3. The molecule has 121 heavy (non-hydrogen) atoms. The highest BCUT2D eigenvalue weighted by Gasteiger charge is 2.37. The quantitative estimate of drug-likeness (QED) is 0.0516. The molecule has 0 bridgehead atoms. The van der Waals surface area contributed by atoms with Gasteiger partial charge in [0, 0.05) is 107 Å². The van der Waals surface area contributed by atoms with Crippen molar-refractivity contribution in [1.29, 1.82) is 5.26 Å². The van der Waals surface area contributed by atoms with Gasteiger partial charge in [-0.25, -0.2) is 51.6 Å². The largest absolute Gasteiger partial charge is 0.398 e. The zero-order chi connectivity index (χ0) is 87.5. The fourth-order valence-corrected chi connectivity index (χ4v) is 16.3. The third kappa shape index (κ3) is 17.8. The van der Waals surface area contributed by atoms with Crippen LogP contribution in [0.1, 0.15) is 103 Å². The molecular formula is C89H90Cl3F3N20O6. The van der Waals surface area contributed by atoms with Crippen molar-refractivity contribution >= 4 is 114 Å². The number of nitrogens with two attached hydrogens (primary N) is 2. The topological polar surface area (TPSA) is 316 Å². The Bertz CT molecular complexity index is 6230. The number of nitrogens with zero attached hydrogens (tertiary/aromatic N) is 18. The van der Waals surface area contributed by atoms with E-state index in [0.717, 1.165) is 11.1 Å². The van der Waals surface area contributed by atoms with Gasteiger partial charge in [-0.3, -0.25) is 28.9 Å². The lowest BCUT2D eigenvalue weighted by molar-refractivity contribution is -0.129. The Hall–Kier alpha value is -12.8. The summed E-state index contributed by atoms with van der Waals surface area (Å²) in [7, 11) is 0. The molecule has 624 valence electrons. The smallest absolute Gasteiger partial charge is 0.355 e. The molecule has 3 saturated heterocycles. The number of amides is 3. The van der Waals surface area contributed by atoms with Gasteiger partial charge in [0.05, 0.1) is 107 Å². The van der Waals surface area contributed by atoms with Gasteiger partial charge in [-0.05, 0) is 134 Å². The van der Waals surface area contributed by atoms with E-state index in [-0.39, 0.29) is 138 Å². The second-order valence-electron chi connectivity index (χ2n) is 31.4. The predicted octanol–water partition coefficient (Wildman–Crippen LogP) is 14.2. The molecule has 11 heterocycles. The number of benzene rings is 3. The summed E-state index contributed by atoms with van der Waals surface area (Å²) in [6.45, 7) is 34.0. The highest BCUT2D eigenvalue weighted by Crippen LogP contribution is 2.42. The van der Waals surface area contributed by atoms with Gasteiger partial charge in [0.25, 0.3) is 0 Å². The number of carbonyl (C=O) groups is 3. The Labute approximate surface area is 711 Å². The molecule has 32 heteroatoms. The standard InChI is InChI=1S/C31H30ClFN8O2.C30H31ClFN7O2.C28H29ClFN5O2/c1-5-24(42)40-14-13-39(16-19(40)9-11-34)29-20-15-21(32)27(25-22(33)7-6-8-23(25)35)37-30(20)41(31(43)38-29)28-18(4)10-12-36-26(28)17(2)3;1-6-23(40)38-13-12-37(15-18(38)5)28-19-14-20(31)26(24-21(32)8-7-9-22(24)33)35-29(19)39(30(41)36-28)27-17(4)10-11-34-25(27)16(2)3;1-6-10-18-16-33(23(36)7-2)13-14-34(18)26-20-15-21(29)24(19-11-8-9-12-22(19)30)31-25(20)35(27(37)32-26)17-28(3,4)5/h5-8,10,12,15,17,19H,1,9,13-14,16,35H2,2-4H3;6-11,14,16,18H,1,12-13,15,33H2,2-5H3;1,7-9,11-12,15,18H,2,10,13-14,16-17H2,3-5H3/t;18-;/m.1./s1. The predicted molar refractivity (Wildman–Crippen MR) is 470 cm³/mol. The summed E-state index contributed by atoms with van der Waals surface area (Å²) in [4.78, 5) is 126. The number of halogens is 6. The molecule has 14 rings (SSSR count). The number of fused-ring (bicyclic) bond motifs is 3. The molecule has 11 aromatic rings. The molecule has 3 fully saturated rings. The van der Waals surface area contributed by atoms with Gasteiger partial charge >= 0.3 is 17.1 Å². The number of aromatic nitrogens is 11. The van der Waals surface area contributed by atoms with Crippen LogP contribution in [0.25, 0.3) is 78.2 Å². The number of pyridine rings is 5. The van der Waals surface area contributed by atoms with Crippen LogP contribution in [0.4, 0.5) is 42.0 Å². The van der Waals surface area contributed by atoms with Crippen LogP contribution in [0.5, 0.6) is 0 Å². The minimum Gasteiger partial charge on any atom is -0.398 e. The molecule has 0 spiro atoms. The number of piperazine rings is 3. The van der Waals surface area contributed by atoms with E-state index in [9.17, 15) is 38.4 Å². The SMILES string of the molecule is C#CCC1CN(C(=O)C=C)CCN1c1nc(=O)n(CC(C)(C)C)c2nc(-c3ccccc3F)c(Cl)cc12.C=CC(=O)N1CCN(c2nc(=O)n(-c3c(C)ccnc3C(C)C)c3nc(-c4c(N)cccc4F)c(Cl)cc23)CC1CC#N.C=CC(=O)N1CCN(c2nc(=O)n(-c3c(C)ccnc3C(C)C)c3nc(-c4c(N)cccc4F)c(Cl)cc23)C[C@H]1C. The number of terminal acetylenes is 1. The van der Waals surface area contributed by atoms with E-state index < -0.39 is 40.6 Å². The number of hydrogen-bond donors (Lipinski definition) is 2. The maximum atomic E-state index is 15.1. The Morgan fingerprint density at radius 2 is 1.03 bits per heavy atom. The van der Waals surface area contributed by atoms with Crippen molar-refractivity contribution in [3.8, 4) is 63.6 Å². The third-order valence-electron chi connectivity index (χ3n) is 21.2. The molecule has 8 aromatic heterocycles. The lowest BCUT2D eigenvalue weighted by atomic mass is 9.97. The van der Waals surface area contributed by atoms with Gasteiger partial charge in [-0.2, -0.15) is 20.2 Å². The average Bonchev–Trinajstić information content (AvgIpc) is 0.738. The van der Waals surface area contributed by atoms with E-state index in [0.29, 0.717) is 121 Å². The van der Waals surface area contributed by atoms with Crippen LogP contribution >= 0.6 is 34.8 Å². The fraction of sp³-hybridized carbons (Fsp3) is 0.315. The molecule has 2 unspecified atom stereocenters. The Morgan fingerprint density at radius 1 is 0.570 bits per heavy atom. The number of carbonyl (C=O) groups excluding carboxylic acids is 3. The molecule has 0 aliphatic carbocycles. The van der Waals surface area contributed by atoms with Crippen molar-refractivity contribution in [3.63, 3.8) is 0 Å². The van der Waals surface area contributed by atoms with Crippen LogP contribution in [0, 0.1) is 60.4 Å². The first-order valence-electron chi connectivity index (χ1n) is 39.1. The summed E-state index contributed by atoms with van der Waals surface area (Å²) in [6.07, 6.45) is 13.2. The highest BCUT2D eigenvalue weighted by molar-refractivity contribution is 6.35. The maximum Gasteiger partial charge on any atom is 0.355 e. The summed E-state index contributed by atoms with van der Waals surface area (Å²) >= 11 is 20.2. The summed E-state index contributed by atoms with van der Waals surface area (Å²) in [6, 6.07) is 24.7. The number of rotatable bonds is 16. The van der Waals surface area contributed by atoms with Crippen molar-refractivity contribution in [2.24, 2.45) is 5.41 Å². The first-order valence-corrected chi connectivity index (χ1v) is 40.2. The minimum absolute atomic E-state index is 0.0168. The van der Waals surface area contributed by atoms with Crippen LogP contribution < -0.4 is 43.2 Å². The minimum atomic E-state index is -0.621. The molecule has 26 nitrogen and oxygen atoms in total. The molecule has 3 atom stereocenters. The van der Waals surface area contributed by atoms with Gasteiger partial charge in [0.1, 0.15) is 40.6 Å². The Kier molecular flexibility index (Phi) is 26.3. The third-order valence-corrected chi connectivity index (χ3v) is 22.1. The van der Waals surface area contributed by atoms with Crippen LogP contribution in [0.15, 0.2) is 156 Å². The van der Waals surface area contributed by atoms with Gasteiger partial charge in [-0.15, -0.1) is 12.3 Å². The average molecular weight is 1700 g/mol. The zero-order valence-electron chi connectivity index (χ0n) is 68.5. The molecule has 0 saturated carbocycles. The van der Waals surface area contributed by atoms with Crippen molar-refractivity contribution in [2.75, 3.05) is 85.1 Å². The molecule has 3 aliphatic heterocycles. The molecule has 4 N–H and O–H groups in total. The van der Waals surface area contributed by atoms with E-state index in [2.05, 4.69) is 56.6 Å². The first-order chi connectivity index (χ1) is 57.6. The fourth-order valence-electron chi connectivity index (χ4n) is 15.5. The van der Waals surface area contributed by atoms with Crippen molar-refractivity contribution in [2.45, 2.75) is 119 Å². The van der Waals surface area contributed by atoms with E-state index in [1.807, 2.05) is 90.0 Å². The Morgan fingerprint density at radius 3 is 1.50 bits per heavy atom. The van der Waals surface area contributed by atoms with Crippen molar-refractivity contribution in [1.82, 2.24) is 68.3 Å². The van der Waals surface area contributed by atoms with Gasteiger partial charge in [-0.1, -0.05) is 127 Å². The highest BCUT2D eigenvalue weighted by atomic mass is 35.5. The second kappa shape index (κ2) is 36.4. The number of aryl methyl sites for hydroxylation is 2. The Balaban J connectivity index is 0.000000167. The summed E-state index contributed by atoms with van der Waals surface area (Å²) < 4.78 is 49.2. The molecule has 0 radical (unpaired) electrons. The number of nitrogen functional groups attached to an aromatic ring is 2. The lowest BCUT2D eigenvalue weighted by Gasteiger charge is -2.41. The van der Waals surface area contributed by atoms with Gasteiger partial charge in [0.15, 0.2) is 11.3 Å². The first kappa shape index (κ1) is 87.5. The van der Waals surface area contributed by atoms with E-state index in [4.69, 9.17) is 67.6 Å². The zero-order valence-corrected chi connectivity index (χ0v) is 70.8. The molecule has 3 aromatic carbocycles. The monoisotopic (exact) mass is 1700 g/mol. The van der Waals surface area contributed by atoms with Gasteiger partial charge < -0.3 is 40.9 Å². The molecule has 3 aliphatic rings. The van der Waals surface area contributed by atoms with Gasteiger partial charge in [0.2, 0.25) is 17.7 Å². The van der Waals surface area contributed by atoms with Crippen molar-refractivity contribution in [3.05, 3.63) is 228 Å². The number of hydrogen-bond acceptors (Lipinski definition) is 20. The van der Waals surface area contributed by atoms with Crippen LogP contribution in [-0.4, -0.2) is 163 Å².